The summed E-state index contributed by atoms with van der Waals surface area (Å²) in [5.74, 6) is 0.312. The largest absolute Gasteiger partial charge is 0.492 e. The van der Waals surface area contributed by atoms with Crippen LogP contribution in [0.5, 0.6) is 5.75 Å². The number of aryl methyl sites for hydroxylation is 4. The first-order chi connectivity index (χ1) is 15.7. The Morgan fingerprint density at radius 1 is 0.848 bits per heavy atom. The molecule has 0 radical (unpaired) electrons. The molecule has 0 saturated heterocycles. The van der Waals surface area contributed by atoms with E-state index in [0.29, 0.717) is 11.4 Å². The molecule has 0 saturated carbocycles. The molecule has 174 valence electrons. The number of nitrogens with zero attached hydrogens (tertiary/aromatic N) is 1. The minimum absolute atomic E-state index is 0.142. The van der Waals surface area contributed by atoms with Crippen LogP contribution in [0.1, 0.15) is 22.3 Å². The number of hydrogen-bond donors (Lipinski definition) is 1. The van der Waals surface area contributed by atoms with Crippen LogP contribution in [0.3, 0.4) is 0 Å². The van der Waals surface area contributed by atoms with E-state index < -0.39 is 15.9 Å². The van der Waals surface area contributed by atoms with Crippen molar-refractivity contribution in [1.82, 2.24) is 5.32 Å². The highest BCUT2D eigenvalue weighted by atomic mass is 32.2. The minimum atomic E-state index is -3.94. The fraction of sp³-hybridized carbons (Fsp3) is 0.269. The molecule has 7 heteroatoms. The maximum absolute atomic E-state index is 13.5. The van der Waals surface area contributed by atoms with Crippen molar-refractivity contribution in [2.24, 2.45) is 0 Å². The predicted molar refractivity (Wildman–Crippen MR) is 131 cm³/mol. The number of amides is 1. The summed E-state index contributed by atoms with van der Waals surface area (Å²) in [6.07, 6.45) is 0. The van der Waals surface area contributed by atoms with Gasteiger partial charge in [0.25, 0.3) is 10.0 Å². The van der Waals surface area contributed by atoms with Crippen LogP contribution in [0.2, 0.25) is 0 Å². The molecule has 0 aromatic heterocycles. The standard InChI is InChI=1S/C26H30N2O4S/c1-19-5-10-23(11-6-19)32-16-15-27-26(29)18-28(25-14-9-21(3)17-22(25)4)33(30,31)24-12-7-20(2)8-13-24/h5-14,17H,15-16,18H2,1-4H3,(H,27,29). The van der Waals surface area contributed by atoms with Gasteiger partial charge in [0.05, 0.1) is 17.1 Å². The van der Waals surface area contributed by atoms with Crippen molar-refractivity contribution in [3.63, 3.8) is 0 Å². The third kappa shape index (κ3) is 6.35. The van der Waals surface area contributed by atoms with Gasteiger partial charge in [-0.1, -0.05) is 53.1 Å². The van der Waals surface area contributed by atoms with Crippen LogP contribution in [0.15, 0.2) is 71.6 Å². The zero-order valence-electron chi connectivity index (χ0n) is 19.5. The van der Waals surface area contributed by atoms with Gasteiger partial charge < -0.3 is 10.1 Å². The summed E-state index contributed by atoms with van der Waals surface area (Å²) in [6, 6.07) is 19.7. The molecule has 3 rings (SSSR count). The Hall–Kier alpha value is -3.32. The van der Waals surface area contributed by atoms with Gasteiger partial charge in [0.2, 0.25) is 5.91 Å². The number of carbonyl (C=O) groups excluding carboxylic acids is 1. The van der Waals surface area contributed by atoms with E-state index in [2.05, 4.69) is 5.32 Å². The molecule has 0 heterocycles. The average molecular weight is 467 g/mol. The van der Waals surface area contributed by atoms with Crippen molar-refractivity contribution in [2.45, 2.75) is 32.6 Å². The highest BCUT2D eigenvalue weighted by Gasteiger charge is 2.28. The SMILES string of the molecule is Cc1ccc(OCCNC(=O)CN(c2ccc(C)cc2C)S(=O)(=O)c2ccc(C)cc2)cc1. The normalized spacial score (nSPS) is 11.2. The molecule has 6 nitrogen and oxygen atoms in total. The van der Waals surface area contributed by atoms with E-state index in [1.807, 2.05) is 64.1 Å². The second-order valence-electron chi connectivity index (χ2n) is 8.13. The highest BCUT2D eigenvalue weighted by Crippen LogP contribution is 2.27. The van der Waals surface area contributed by atoms with E-state index in [4.69, 9.17) is 4.74 Å². The summed E-state index contributed by atoms with van der Waals surface area (Å²) in [4.78, 5) is 12.9. The van der Waals surface area contributed by atoms with Crippen molar-refractivity contribution in [3.8, 4) is 5.75 Å². The number of nitrogens with one attached hydrogen (secondary N) is 1. The maximum Gasteiger partial charge on any atom is 0.264 e. The molecule has 33 heavy (non-hydrogen) atoms. The Balaban J connectivity index is 1.74. The van der Waals surface area contributed by atoms with Gasteiger partial charge in [-0.05, 0) is 63.6 Å². The van der Waals surface area contributed by atoms with Crippen molar-refractivity contribution < 1.29 is 17.9 Å². The van der Waals surface area contributed by atoms with Crippen molar-refractivity contribution >= 4 is 21.6 Å². The summed E-state index contributed by atoms with van der Waals surface area (Å²) >= 11 is 0. The van der Waals surface area contributed by atoms with Crippen LogP contribution in [0.25, 0.3) is 0 Å². The van der Waals surface area contributed by atoms with E-state index in [-0.39, 0.29) is 24.6 Å². The number of benzene rings is 3. The zero-order valence-corrected chi connectivity index (χ0v) is 20.3. The molecule has 0 aliphatic carbocycles. The van der Waals surface area contributed by atoms with Crippen molar-refractivity contribution in [3.05, 3.63) is 89.0 Å². The van der Waals surface area contributed by atoms with Gasteiger partial charge in [-0.25, -0.2) is 8.42 Å². The smallest absolute Gasteiger partial charge is 0.264 e. The van der Waals surface area contributed by atoms with Gasteiger partial charge in [0, 0.05) is 0 Å². The molecule has 0 spiro atoms. The summed E-state index contributed by atoms with van der Waals surface area (Å²) in [7, 11) is -3.94. The van der Waals surface area contributed by atoms with E-state index in [1.165, 1.54) is 4.31 Å². The number of carbonyl (C=O) groups is 1. The van der Waals surface area contributed by atoms with Crippen LogP contribution in [-0.2, 0) is 14.8 Å². The van der Waals surface area contributed by atoms with Gasteiger partial charge in [0.15, 0.2) is 0 Å². The number of sulfonamides is 1. The number of rotatable bonds is 9. The molecule has 3 aromatic carbocycles. The Kier molecular flexibility index (Phi) is 7.76. The molecule has 0 aliphatic heterocycles. The monoisotopic (exact) mass is 466 g/mol. The molecule has 0 fully saturated rings. The summed E-state index contributed by atoms with van der Waals surface area (Å²) in [5, 5.41) is 2.76. The lowest BCUT2D eigenvalue weighted by molar-refractivity contribution is -0.119. The molecule has 3 aromatic rings. The highest BCUT2D eigenvalue weighted by molar-refractivity contribution is 7.92. The Labute approximate surface area is 196 Å². The van der Waals surface area contributed by atoms with Crippen molar-refractivity contribution in [1.29, 1.82) is 0 Å². The lowest BCUT2D eigenvalue weighted by Crippen LogP contribution is -2.42. The molecule has 0 aliphatic rings. The third-order valence-corrected chi connectivity index (χ3v) is 7.01. The van der Waals surface area contributed by atoms with Crippen LogP contribution >= 0.6 is 0 Å². The lowest BCUT2D eigenvalue weighted by atomic mass is 10.1. The molecule has 0 atom stereocenters. The fourth-order valence-electron chi connectivity index (χ4n) is 3.40. The first-order valence-corrected chi connectivity index (χ1v) is 12.2. The molecule has 0 unspecified atom stereocenters. The van der Waals surface area contributed by atoms with Crippen LogP contribution in [-0.4, -0.2) is 34.0 Å². The van der Waals surface area contributed by atoms with Gasteiger partial charge in [-0.3, -0.25) is 9.10 Å². The van der Waals surface area contributed by atoms with E-state index in [1.54, 1.807) is 30.3 Å². The quantitative estimate of drug-likeness (QED) is 0.477. The molecular formula is C26H30N2O4S. The average Bonchev–Trinajstić information content (AvgIpc) is 2.77. The molecule has 0 bridgehead atoms. The van der Waals surface area contributed by atoms with Gasteiger partial charge in [0.1, 0.15) is 18.9 Å². The zero-order chi connectivity index (χ0) is 24.0. The first-order valence-electron chi connectivity index (χ1n) is 10.8. The third-order valence-electron chi connectivity index (χ3n) is 5.23. The van der Waals surface area contributed by atoms with Gasteiger partial charge >= 0.3 is 0 Å². The fourth-order valence-corrected chi connectivity index (χ4v) is 4.89. The number of hydrogen-bond acceptors (Lipinski definition) is 4. The van der Waals surface area contributed by atoms with E-state index in [0.717, 1.165) is 22.3 Å². The van der Waals surface area contributed by atoms with Crippen LogP contribution in [0.4, 0.5) is 5.69 Å². The molecular weight excluding hydrogens is 436 g/mol. The number of ether oxygens (including phenoxy) is 1. The van der Waals surface area contributed by atoms with Crippen molar-refractivity contribution in [2.75, 3.05) is 24.0 Å². The summed E-state index contributed by atoms with van der Waals surface area (Å²) in [5.41, 5.74) is 4.37. The number of anilines is 1. The first kappa shape index (κ1) is 24.3. The van der Waals surface area contributed by atoms with E-state index in [9.17, 15) is 13.2 Å². The Bertz CT molecular complexity index is 1200. The second-order valence-corrected chi connectivity index (χ2v) is 9.99. The van der Waals surface area contributed by atoms with Gasteiger partial charge in [-0.15, -0.1) is 0 Å². The van der Waals surface area contributed by atoms with Crippen LogP contribution in [0, 0.1) is 27.7 Å². The maximum atomic E-state index is 13.5. The molecule has 1 amide bonds. The lowest BCUT2D eigenvalue weighted by Gasteiger charge is -2.26. The molecule has 1 N–H and O–H groups in total. The van der Waals surface area contributed by atoms with Gasteiger partial charge in [-0.2, -0.15) is 0 Å². The second kappa shape index (κ2) is 10.5. The Morgan fingerprint density at radius 3 is 2.03 bits per heavy atom. The minimum Gasteiger partial charge on any atom is -0.492 e. The van der Waals surface area contributed by atoms with E-state index >= 15 is 0 Å². The predicted octanol–water partition coefficient (Wildman–Crippen LogP) is 4.31. The Morgan fingerprint density at radius 2 is 1.42 bits per heavy atom. The summed E-state index contributed by atoms with van der Waals surface area (Å²) in [6.45, 7) is 7.88. The topological polar surface area (TPSA) is 75.7 Å². The summed E-state index contributed by atoms with van der Waals surface area (Å²) < 4.78 is 33.8. The van der Waals surface area contributed by atoms with Crippen LogP contribution < -0.4 is 14.4 Å².